The highest BCUT2D eigenvalue weighted by atomic mass is 16.4. The minimum absolute atomic E-state index is 0.107. The zero-order valence-corrected chi connectivity index (χ0v) is 7.19. The lowest BCUT2D eigenvalue weighted by atomic mass is 10.2. The molecule has 1 aromatic rings. The van der Waals surface area contributed by atoms with Crippen molar-refractivity contribution >= 4 is 5.97 Å². The first-order valence-corrected chi connectivity index (χ1v) is 3.92. The normalized spacial score (nSPS) is 12.8. The van der Waals surface area contributed by atoms with Crippen molar-refractivity contribution in [3.63, 3.8) is 0 Å². The van der Waals surface area contributed by atoms with Crippen LogP contribution in [0.4, 0.5) is 0 Å². The van der Waals surface area contributed by atoms with Gasteiger partial charge >= 0.3 is 5.97 Å². The van der Waals surface area contributed by atoms with Gasteiger partial charge in [-0.15, -0.1) is 0 Å². The van der Waals surface area contributed by atoms with E-state index in [4.69, 9.17) is 5.11 Å². The maximum atomic E-state index is 10.4. The van der Waals surface area contributed by atoms with E-state index in [0.29, 0.717) is 6.04 Å². The molecule has 4 nitrogen and oxygen atoms in total. The molecule has 0 aliphatic rings. The second-order valence-electron chi connectivity index (χ2n) is 2.77. The number of rotatable bonds is 3. The van der Waals surface area contributed by atoms with Gasteiger partial charge in [0, 0.05) is 12.2 Å². The van der Waals surface area contributed by atoms with Crippen molar-refractivity contribution < 1.29 is 9.90 Å². The van der Waals surface area contributed by atoms with Crippen LogP contribution in [0.2, 0.25) is 0 Å². The third kappa shape index (κ3) is 1.64. The summed E-state index contributed by atoms with van der Waals surface area (Å²) in [5, 5.41) is 8.58. The molecule has 0 aromatic carbocycles. The van der Waals surface area contributed by atoms with Gasteiger partial charge in [-0.2, -0.15) is 0 Å². The Morgan fingerprint density at radius 2 is 2.50 bits per heavy atom. The number of aromatic carboxylic acids is 1. The number of carboxylic acids is 1. The fourth-order valence-electron chi connectivity index (χ4n) is 0.899. The number of carboxylic acid groups (broad SMARTS) is 1. The molecule has 0 aliphatic heterocycles. The molecular formula is C8H12N2O2. The summed E-state index contributed by atoms with van der Waals surface area (Å²) in [6.45, 7) is 4.07. The van der Waals surface area contributed by atoms with Gasteiger partial charge in [-0.3, -0.25) is 0 Å². The Morgan fingerprint density at radius 3 is 2.92 bits per heavy atom. The van der Waals surface area contributed by atoms with Crippen LogP contribution >= 0.6 is 0 Å². The van der Waals surface area contributed by atoms with Crippen LogP contribution in [0.3, 0.4) is 0 Å². The molecule has 4 heteroatoms. The Balaban J connectivity index is 2.84. The van der Waals surface area contributed by atoms with Gasteiger partial charge in [-0.1, -0.05) is 6.92 Å². The Kier molecular flexibility index (Phi) is 2.47. The fraction of sp³-hybridized carbons (Fsp3) is 0.500. The van der Waals surface area contributed by atoms with Crippen LogP contribution in [0.5, 0.6) is 0 Å². The third-order valence-corrected chi connectivity index (χ3v) is 1.92. The molecule has 66 valence electrons. The SMILES string of the molecule is CC[C@H](C)n1cnc(C(=O)O)c1. The van der Waals surface area contributed by atoms with E-state index in [0.717, 1.165) is 6.42 Å². The van der Waals surface area contributed by atoms with Gasteiger partial charge in [0.05, 0.1) is 6.33 Å². The second kappa shape index (κ2) is 3.38. The first-order valence-electron chi connectivity index (χ1n) is 3.92. The molecule has 0 radical (unpaired) electrons. The minimum Gasteiger partial charge on any atom is -0.476 e. The molecule has 0 saturated heterocycles. The van der Waals surface area contributed by atoms with Gasteiger partial charge in [0.15, 0.2) is 5.69 Å². The van der Waals surface area contributed by atoms with E-state index < -0.39 is 5.97 Å². The van der Waals surface area contributed by atoms with Crippen molar-refractivity contribution in [2.45, 2.75) is 26.3 Å². The summed E-state index contributed by atoms with van der Waals surface area (Å²) < 4.78 is 1.81. The molecule has 1 atom stereocenters. The van der Waals surface area contributed by atoms with Gasteiger partial charge in [0.2, 0.25) is 0 Å². The fourth-order valence-corrected chi connectivity index (χ4v) is 0.899. The summed E-state index contributed by atoms with van der Waals surface area (Å²) in [6.07, 6.45) is 4.07. The molecule has 1 rings (SSSR count). The summed E-state index contributed by atoms with van der Waals surface area (Å²) in [4.78, 5) is 14.2. The van der Waals surface area contributed by atoms with Crippen molar-refractivity contribution in [1.82, 2.24) is 9.55 Å². The van der Waals surface area contributed by atoms with Crippen LogP contribution in [-0.4, -0.2) is 20.6 Å². The van der Waals surface area contributed by atoms with Crippen molar-refractivity contribution in [2.24, 2.45) is 0 Å². The van der Waals surface area contributed by atoms with E-state index in [1.54, 1.807) is 12.5 Å². The molecule has 1 N–H and O–H groups in total. The van der Waals surface area contributed by atoms with Crippen LogP contribution < -0.4 is 0 Å². The molecule has 1 heterocycles. The number of hydrogen-bond donors (Lipinski definition) is 1. The average Bonchev–Trinajstić information content (AvgIpc) is 2.51. The van der Waals surface area contributed by atoms with E-state index in [1.165, 1.54) is 0 Å². The summed E-state index contributed by atoms with van der Waals surface area (Å²) in [5.41, 5.74) is 0.107. The summed E-state index contributed by atoms with van der Waals surface area (Å²) >= 11 is 0. The third-order valence-electron chi connectivity index (χ3n) is 1.92. The Labute approximate surface area is 70.9 Å². The second-order valence-corrected chi connectivity index (χ2v) is 2.77. The minimum atomic E-state index is -0.975. The lowest BCUT2D eigenvalue weighted by Gasteiger charge is -2.08. The van der Waals surface area contributed by atoms with E-state index in [9.17, 15) is 4.79 Å². The predicted octanol–water partition coefficient (Wildman–Crippen LogP) is 1.55. The lowest BCUT2D eigenvalue weighted by molar-refractivity contribution is 0.0691. The maximum absolute atomic E-state index is 10.4. The topological polar surface area (TPSA) is 55.1 Å². The van der Waals surface area contributed by atoms with E-state index >= 15 is 0 Å². The molecule has 0 saturated carbocycles. The maximum Gasteiger partial charge on any atom is 0.356 e. The van der Waals surface area contributed by atoms with Gasteiger partial charge in [0.1, 0.15) is 0 Å². The first kappa shape index (κ1) is 8.77. The van der Waals surface area contributed by atoms with Crippen LogP contribution in [-0.2, 0) is 0 Å². The summed E-state index contributed by atoms with van der Waals surface area (Å²) in [6, 6.07) is 0.311. The van der Waals surface area contributed by atoms with Crippen molar-refractivity contribution in [1.29, 1.82) is 0 Å². The number of nitrogens with zero attached hydrogens (tertiary/aromatic N) is 2. The molecule has 0 bridgehead atoms. The zero-order valence-electron chi connectivity index (χ0n) is 7.19. The molecular weight excluding hydrogens is 156 g/mol. The molecule has 1 aromatic heterocycles. The number of aromatic nitrogens is 2. The largest absolute Gasteiger partial charge is 0.476 e. The van der Waals surface area contributed by atoms with E-state index in [1.807, 2.05) is 18.4 Å². The summed E-state index contributed by atoms with van der Waals surface area (Å²) in [5.74, 6) is -0.975. The van der Waals surface area contributed by atoms with Gasteiger partial charge in [-0.05, 0) is 13.3 Å². The highest BCUT2D eigenvalue weighted by molar-refractivity contribution is 5.84. The van der Waals surface area contributed by atoms with Crippen LogP contribution in [0.25, 0.3) is 0 Å². The van der Waals surface area contributed by atoms with Gasteiger partial charge in [-0.25, -0.2) is 9.78 Å². The average molecular weight is 168 g/mol. The molecule has 0 amide bonds. The molecule has 0 fully saturated rings. The molecule has 0 spiro atoms. The Bertz CT molecular complexity index is 280. The van der Waals surface area contributed by atoms with Crippen molar-refractivity contribution in [3.05, 3.63) is 18.2 Å². The number of hydrogen-bond acceptors (Lipinski definition) is 2. The quantitative estimate of drug-likeness (QED) is 0.745. The number of carbonyl (C=O) groups is 1. The van der Waals surface area contributed by atoms with Crippen LogP contribution in [0, 0.1) is 0 Å². The molecule has 0 aliphatic carbocycles. The van der Waals surface area contributed by atoms with E-state index in [-0.39, 0.29) is 5.69 Å². The van der Waals surface area contributed by atoms with Crippen molar-refractivity contribution in [3.8, 4) is 0 Å². The highest BCUT2D eigenvalue weighted by Crippen LogP contribution is 2.09. The lowest BCUT2D eigenvalue weighted by Crippen LogP contribution is -2.01. The monoisotopic (exact) mass is 168 g/mol. The highest BCUT2D eigenvalue weighted by Gasteiger charge is 2.08. The van der Waals surface area contributed by atoms with Crippen LogP contribution in [0.1, 0.15) is 36.8 Å². The Morgan fingerprint density at radius 1 is 1.83 bits per heavy atom. The van der Waals surface area contributed by atoms with Crippen molar-refractivity contribution in [2.75, 3.05) is 0 Å². The Hall–Kier alpha value is -1.32. The predicted molar refractivity (Wildman–Crippen MR) is 44.2 cm³/mol. The first-order chi connectivity index (χ1) is 5.65. The van der Waals surface area contributed by atoms with E-state index in [2.05, 4.69) is 4.98 Å². The molecule has 0 unspecified atom stereocenters. The van der Waals surface area contributed by atoms with Gasteiger partial charge < -0.3 is 9.67 Å². The van der Waals surface area contributed by atoms with Gasteiger partial charge in [0.25, 0.3) is 0 Å². The zero-order chi connectivity index (χ0) is 9.14. The smallest absolute Gasteiger partial charge is 0.356 e. The summed E-state index contributed by atoms with van der Waals surface area (Å²) in [7, 11) is 0. The number of imidazole rings is 1. The van der Waals surface area contributed by atoms with Crippen LogP contribution in [0.15, 0.2) is 12.5 Å². The molecule has 12 heavy (non-hydrogen) atoms. The standard InChI is InChI=1S/C8H12N2O2/c1-3-6(2)10-4-7(8(11)12)9-5-10/h4-6H,3H2,1-2H3,(H,11,12)/t6-/m0/s1.